The predicted molar refractivity (Wildman–Crippen MR) is 86.0 cm³/mol. The first-order valence-corrected chi connectivity index (χ1v) is 8.68. The minimum Gasteiger partial charge on any atom is -0.314 e. The molecule has 1 aliphatic heterocycles. The Bertz CT molecular complexity index is 639. The van der Waals surface area contributed by atoms with Gasteiger partial charge in [0, 0.05) is 45.1 Å². The van der Waals surface area contributed by atoms with Gasteiger partial charge in [0.15, 0.2) is 0 Å². The van der Waals surface area contributed by atoms with Crippen LogP contribution in [-0.2, 0) is 10.0 Å². The van der Waals surface area contributed by atoms with Gasteiger partial charge in [-0.2, -0.15) is 13.2 Å². The molecule has 0 saturated carbocycles. The van der Waals surface area contributed by atoms with Gasteiger partial charge in [-0.1, -0.05) is 11.6 Å². The topological polar surface area (TPSA) is 74.3 Å². The van der Waals surface area contributed by atoms with Gasteiger partial charge in [-0.3, -0.25) is 9.88 Å². The fraction of sp³-hybridized carbons (Fsp3) is 0.583. The number of hydrogen-bond donors (Lipinski definition) is 2. The van der Waals surface area contributed by atoms with Crippen molar-refractivity contribution < 1.29 is 21.6 Å². The molecule has 0 amide bonds. The lowest BCUT2D eigenvalue weighted by atomic mass is 10.2. The molecule has 2 heterocycles. The Morgan fingerprint density at radius 3 is 2.50 bits per heavy atom. The molecule has 0 radical (unpaired) electrons. The molecule has 24 heavy (non-hydrogen) atoms. The third kappa shape index (κ3) is 5.71. The lowest BCUT2D eigenvalue weighted by molar-refractivity contribution is -0.182. The van der Waals surface area contributed by atoms with Crippen LogP contribution in [0.25, 0.3) is 0 Å². The van der Waals surface area contributed by atoms with Crippen LogP contribution >= 0.6 is 24.0 Å². The second kappa shape index (κ2) is 8.63. The summed E-state index contributed by atoms with van der Waals surface area (Å²) in [7, 11) is -4.12. The van der Waals surface area contributed by atoms with Gasteiger partial charge in [0.2, 0.25) is 10.0 Å². The van der Waals surface area contributed by atoms with E-state index in [1.807, 2.05) is 4.72 Å². The summed E-state index contributed by atoms with van der Waals surface area (Å²) in [6.07, 6.45) is -2.27. The second-order valence-corrected chi connectivity index (χ2v) is 7.24. The van der Waals surface area contributed by atoms with Crippen molar-refractivity contribution in [1.82, 2.24) is 19.9 Å². The Labute approximate surface area is 149 Å². The summed E-state index contributed by atoms with van der Waals surface area (Å²) in [4.78, 5) is 4.57. The number of pyridine rings is 1. The quantitative estimate of drug-likeness (QED) is 0.767. The van der Waals surface area contributed by atoms with E-state index >= 15 is 0 Å². The molecule has 2 rings (SSSR count). The molecular weight excluding hydrogens is 392 g/mol. The zero-order valence-electron chi connectivity index (χ0n) is 12.4. The van der Waals surface area contributed by atoms with E-state index in [0.717, 1.165) is 12.3 Å². The Kier molecular flexibility index (Phi) is 7.70. The van der Waals surface area contributed by atoms with Crippen molar-refractivity contribution in [2.75, 3.05) is 32.7 Å². The van der Waals surface area contributed by atoms with Crippen molar-refractivity contribution in [3.63, 3.8) is 0 Å². The Morgan fingerprint density at radius 1 is 1.33 bits per heavy atom. The lowest BCUT2D eigenvalue weighted by Crippen LogP contribution is -2.57. The second-order valence-electron chi connectivity index (χ2n) is 5.03. The molecule has 1 fully saturated rings. The fourth-order valence-corrected chi connectivity index (χ4v) is 3.52. The van der Waals surface area contributed by atoms with Crippen LogP contribution in [0.2, 0.25) is 5.02 Å². The van der Waals surface area contributed by atoms with E-state index in [9.17, 15) is 21.6 Å². The first kappa shape index (κ1) is 21.4. The summed E-state index contributed by atoms with van der Waals surface area (Å²) in [5.41, 5.74) is 0. The van der Waals surface area contributed by atoms with E-state index in [2.05, 4.69) is 10.3 Å². The highest BCUT2D eigenvalue weighted by Gasteiger charge is 2.44. The van der Waals surface area contributed by atoms with E-state index in [-0.39, 0.29) is 35.4 Å². The third-order valence-electron chi connectivity index (χ3n) is 3.43. The number of piperazine rings is 1. The van der Waals surface area contributed by atoms with E-state index in [4.69, 9.17) is 11.6 Å². The molecule has 1 atom stereocenters. The average molecular weight is 409 g/mol. The summed E-state index contributed by atoms with van der Waals surface area (Å²) in [6.45, 7) is 0.489. The van der Waals surface area contributed by atoms with Crippen LogP contribution < -0.4 is 10.0 Å². The van der Waals surface area contributed by atoms with E-state index < -0.39 is 28.8 Å². The highest BCUT2D eigenvalue weighted by molar-refractivity contribution is 7.89. The molecular formula is C12H17Cl2F3N4O2S. The van der Waals surface area contributed by atoms with Crippen molar-refractivity contribution >= 4 is 34.0 Å². The van der Waals surface area contributed by atoms with Crippen LogP contribution in [0, 0.1) is 0 Å². The molecule has 0 aliphatic carbocycles. The Balaban J connectivity index is 0.00000288. The molecule has 1 aliphatic rings. The van der Waals surface area contributed by atoms with Crippen LogP contribution in [0.15, 0.2) is 23.4 Å². The number of hydrogen-bond acceptors (Lipinski definition) is 5. The summed E-state index contributed by atoms with van der Waals surface area (Å²) >= 11 is 5.66. The average Bonchev–Trinajstić information content (AvgIpc) is 2.47. The largest absolute Gasteiger partial charge is 0.405 e. The molecule has 1 saturated heterocycles. The molecule has 6 nitrogen and oxygen atoms in total. The lowest BCUT2D eigenvalue weighted by Gasteiger charge is -2.35. The number of sulfonamides is 1. The van der Waals surface area contributed by atoms with E-state index in [1.54, 1.807) is 0 Å². The van der Waals surface area contributed by atoms with Gasteiger partial charge < -0.3 is 5.32 Å². The molecule has 138 valence electrons. The molecule has 2 N–H and O–H groups in total. The van der Waals surface area contributed by atoms with Crippen LogP contribution in [0.1, 0.15) is 0 Å². The number of nitrogens with one attached hydrogen (secondary N) is 2. The smallest absolute Gasteiger partial charge is 0.314 e. The van der Waals surface area contributed by atoms with Crippen molar-refractivity contribution in [2.45, 2.75) is 17.1 Å². The van der Waals surface area contributed by atoms with Gasteiger partial charge in [0.05, 0.1) is 5.02 Å². The summed E-state index contributed by atoms with van der Waals surface area (Å²) in [5.74, 6) is 0. The molecule has 12 heteroatoms. The Hall–Kier alpha value is -0.650. The highest BCUT2D eigenvalue weighted by atomic mass is 35.5. The van der Waals surface area contributed by atoms with Crippen LogP contribution in [0.4, 0.5) is 13.2 Å². The SMILES string of the molecule is Cl.O=S(=O)(NCC(N1CCNCC1)C(F)(F)F)c1cncc(Cl)c1. The molecule has 1 aromatic rings. The maximum Gasteiger partial charge on any atom is 0.405 e. The monoisotopic (exact) mass is 408 g/mol. The zero-order chi connectivity index (χ0) is 17.1. The summed E-state index contributed by atoms with van der Waals surface area (Å²) in [6, 6.07) is -0.754. The normalized spacial score (nSPS) is 18.0. The third-order valence-corrected chi connectivity index (χ3v) is 5.02. The molecule has 0 spiro atoms. The van der Waals surface area contributed by atoms with E-state index in [0.29, 0.717) is 13.1 Å². The maximum atomic E-state index is 13.2. The van der Waals surface area contributed by atoms with Crippen LogP contribution in [-0.4, -0.2) is 63.2 Å². The van der Waals surface area contributed by atoms with Gasteiger partial charge in [0.1, 0.15) is 10.9 Å². The number of alkyl halides is 3. The molecule has 1 aromatic heterocycles. The first-order valence-electron chi connectivity index (χ1n) is 6.82. The minimum absolute atomic E-state index is 0. The van der Waals surface area contributed by atoms with Crippen molar-refractivity contribution in [3.8, 4) is 0 Å². The number of nitrogens with zero attached hydrogens (tertiary/aromatic N) is 2. The maximum absolute atomic E-state index is 13.2. The number of halogens is 5. The van der Waals surface area contributed by atoms with Gasteiger partial charge in [0.25, 0.3) is 0 Å². The van der Waals surface area contributed by atoms with Gasteiger partial charge in [-0.15, -0.1) is 12.4 Å². The van der Waals surface area contributed by atoms with Gasteiger partial charge in [-0.25, -0.2) is 13.1 Å². The Morgan fingerprint density at radius 2 is 1.96 bits per heavy atom. The number of aromatic nitrogens is 1. The minimum atomic E-state index is -4.54. The molecule has 1 unspecified atom stereocenters. The molecule has 0 aromatic carbocycles. The molecule has 0 bridgehead atoms. The standard InChI is InChI=1S/C12H16ClF3N4O2S.ClH/c13-9-5-10(7-18-6-9)23(21,22)19-8-11(12(14,15)16)20-3-1-17-2-4-20;/h5-7,11,17,19H,1-4,8H2;1H. The zero-order valence-corrected chi connectivity index (χ0v) is 14.8. The van der Waals surface area contributed by atoms with E-state index in [1.165, 1.54) is 11.1 Å². The predicted octanol–water partition coefficient (Wildman–Crippen LogP) is 1.27. The van der Waals surface area contributed by atoms with Crippen molar-refractivity contribution in [3.05, 3.63) is 23.5 Å². The fourth-order valence-electron chi connectivity index (χ4n) is 2.26. The van der Waals surface area contributed by atoms with Gasteiger partial charge in [-0.05, 0) is 6.07 Å². The number of rotatable bonds is 5. The van der Waals surface area contributed by atoms with Crippen molar-refractivity contribution in [2.24, 2.45) is 0 Å². The highest BCUT2D eigenvalue weighted by Crippen LogP contribution is 2.25. The van der Waals surface area contributed by atoms with Crippen molar-refractivity contribution in [1.29, 1.82) is 0 Å². The van der Waals surface area contributed by atoms with Gasteiger partial charge >= 0.3 is 6.18 Å². The van der Waals surface area contributed by atoms with Crippen LogP contribution in [0.5, 0.6) is 0 Å². The first-order chi connectivity index (χ1) is 10.7. The van der Waals surface area contributed by atoms with Crippen LogP contribution in [0.3, 0.4) is 0 Å². The summed E-state index contributed by atoms with van der Waals surface area (Å²) in [5, 5.41) is 3.04. The summed E-state index contributed by atoms with van der Waals surface area (Å²) < 4.78 is 65.8.